The molecule has 1 N–H and O–H groups in total. The van der Waals surface area contributed by atoms with E-state index >= 15 is 0 Å². The molecule has 1 aliphatic rings. The maximum absolute atomic E-state index is 11.3. The number of anilines is 2. The number of pyridine rings is 1. The van der Waals surface area contributed by atoms with Crippen molar-refractivity contribution in [2.75, 3.05) is 43.4 Å². The first-order valence-corrected chi connectivity index (χ1v) is 7.20. The Morgan fingerprint density at radius 2 is 2.14 bits per heavy atom. The number of nitro groups is 1. The van der Waals surface area contributed by atoms with Gasteiger partial charge >= 0.3 is 5.69 Å². The van der Waals surface area contributed by atoms with Crippen LogP contribution in [0.2, 0.25) is 0 Å². The lowest BCUT2D eigenvalue weighted by molar-refractivity contribution is -0.384. The van der Waals surface area contributed by atoms with E-state index in [4.69, 9.17) is 0 Å². The van der Waals surface area contributed by atoms with Gasteiger partial charge in [0.2, 0.25) is 5.82 Å². The molecule has 7 nitrogen and oxygen atoms in total. The highest BCUT2D eigenvalue weighted by molar-refractivity contribution is 5.62. The van der Waals surface area contributed by atoms with Crippen molar-refractivity contribution in [3.8, 4) is 0 Å². The van der Waals surface area contributed by atoms with E-state index in [2.05, 4.69) is 36.1 Å². The van der Waals surface area contributed by atoms with E-state index in [0.29, 0.717) is 18.2 Å². The van der Waals surface area contributed by atoms with Crippen LogP contribution < -0.4 is 10.2 Å². The molecular weight excluding hydrogens is 270 g/mol. The van der Waals surface area contributed by atoms with E-state index in [-0.39, 0.29) is 16.1 Å². The lowest BCUT2D eigenvalue weighted by Crippen LogP contribution is -2.58. The van der Waals surface area contributed by atoms with Gasteiger partial charge in [0.15, 0.2) is 0 Å². The summed E-state index contributed by atoms with van der Waals surface area (Å²) in [6, 6.07) is 3.19. The van der Waals surface area contributed by atoms with Gasteiger partial charge in [0, 0.05) is 37.8 Å². The Kier molecular flexibility index (Phi) is 4.32. The van der Waals surface area contributed by atoms with E-state index < -0.39 is 0 Å². The zero-order valence-corrected chi connectivity index (χ0v) is 13.1. The Hall–Kier alpha value is -1.89. The molecule has 2 rings (SSSR count). The Balaban J connectivity index is 2.36. The maximum Gasteiger partial charge on any atom is 0.311 e. The van der Waals surface area contributed by atoms with Crippen LogP contribution >= 0.6 is 0 Å². The Bertz CT molecular complexity index is 532. The average Bonchev–Trinajstić information content (AvgIpc) is 2.42. The Morgan fingerprint density at radius 3 is 2.71 bits per heavy atom. The van der Waals surface area contributed by atoms with Crippen LogP contribution in [-0.2, 0) is 0 Å². The predicted molar refractivity (Wildman–Crippen MR) is 84.0 cm³/mol. The van der Waals surface area contributed by atoms with Crippen LogP contribution in [-0.4, -0.2) is 53.6 Å². The van der Waals surface area contributed by atoms with Crippen molar-refractivity contribution in [2.45, 2.75) is 26.3 Å². The lowest BCUT2D eigenvalue weighted by atomic mass is 9.99. The maximum atomic E-state index is 11.3. The number of aromatic nitrogens is 1. The third-order valence-corrected chi connectivity index (χ3v) is 4.03. The summed E-state index contributed by atoms with van der Waals surface area (Å²) in [6.07, 6.45) is 0. The van der Waals surface area contributed by atoms with E-state index in [1.807, 2.05) is 11.8 Å². The zero-order valence-electron chi connectivity index (χ0n) is 13.1. The van der Waals surface area contributed by atoms with E-state index in [0.717, 1.165) is 19.6 Å². The van der Waals surface area contributed by atoms with E-state index in [1.54, 1.807) is 6.07 Å². The number of nitrogens with zero attached hydrogens (tertiary/aromatic N) is 4. The normalized spacial score (nSPS) is 18.6. The monoisotopic (exact) mass is 293 g/mol. The fourth-order valence-electron chi connectivity index (χ4n) is 2.52. The number of rotatable bonds is 4. The summed E-state index contributed by atoms with van der Waals surface area (Å²) in [5.41, 5.74) is 0.0270. The summed E-state index contributed by atoms with van der Waals surface area (Å²) in [5.74, 6) is 1.13. The molecule has 7 heteroatoms. The average molecular weight is 293 g/mol. The van der Waals surface area contributed by atoms with Gasteiger partial charge in [0.05, 0.1) is 4.92 Å². The first-order chi connectivity index (χ1) is 9.85. The fourth-order valence-corrected chi connectivity index (χ4v) is 2.52. The highest BCUT2D eigenvalue weighted by Crippen LogP contribution is 2.31. The Labute approximate surface area is 125 Å². The minimum absolute atomic E-state index is 0.0397. The van der Waals surface area contributed by atoms with Crippen LogP contribution in [0.3, 0.4) is 0 Å². The van der Waals surface area contributed by atoms with Gasteiger partial charge in [0.25, 0.3) is 0 Å². The number of likely N-dealkylation sites (N-methyl/N-ethyl adjacent to an activating group) is 1. The largest absolute Gasteiger partial charge is 0.370 e. The molecule has 116 valence electrons. The first kappa shape index (κ1) is 15.5. The molecule has 0 aliphatic carbocycles. The Morgan fingerprint density at radius 1 is 1.43 bits per heavy atom. The third kappa shape index (κ3) is 3.24. The van der Waals surface area contributed by atoms with Gasteiger partial charge in [-0.15, -0.1) is 0 Å². The molecule has 1 saturated heterocycles. The van der Waals surface area contributed by atoms with Crippen LogP contribution in [0, 0.1) is 10.1 Å². The summed E-state index contributed by atoms with van der Waals surface area (Å²) >= 11 is 0. The van der Waals surface area contributed by atoms with Crippen LogP contribution in [0.1, 0.15) is 20.8 Å². The van der Waals surface area contributed by atoms with Crippen molar-refractivity contribution in [3.63, 3.8) is 0 Å². The van der Waals surface area contributed by atoms with Crippen molar-refractivity contribution >= 4 is 17.3 Å². The smallest absolute Gasteiger partial charge is 0.311 e. The molecule has 0 unspecified atom stereocenters. The molecule has 0 saturated carbocycles. The molecule has 2 heterocycles. The summed E-state index contributed by atoms with van der Waals surface area (Å²) in [4.78, 5) is 19.6. The molecule has 0 radical (unpaired) electrons. The summed E-state index contributed by atoms with van der Waals surface area (Å²) in [5, 5.41) is 14.4. The molecule has 0 spiro atoms. The first-order valence-electron chi connectivity index (χ1n) is 7.20. The van der Waals surface area contributed by atoms with Gasteiger partial charge in [-0.2, -0.15) is 0 Å². The van der Waals surface area contributed by atoms with Gasteiger partial charge in [-0.3, -0.25) is 15.0 Å². The molecule has 0 aromatic carbocycles. The van der Waals surface area contributed by atoms with Crippen LogP contribution in [0.4, 0.5) is 17.3 Å². The standard InChI is InChI=1S/C14H23N5O2/c1-5-15-12-7-6-11(19(20)21)13(16-12)18-9-8-17(4)14(2,3)10-18/h6-7H,5,8-10H2,1-4H3,(H,15,16). The number of nitrogens with one attached hydrogen (secondary N) is 1. The molecule has 0 atom stereocenters. The second kappa shape index (κ2) is 5.85. The molecule has 0 amide bonds. The van der Waals surface area contributed by atoms with Crippen molar-refractivity contribution < 1.29 is 4.92 Å². The zero-order chi connectivity index (χ0) is 15.6. The van der Waals surface area contributed by atoms with E-state index in [9.17, 15) is 10.1 Å². The highest BCUT2D eigenvalue weighted by Gasteiger charge is 2.34. The SMILES string of the molecule is CCNc1ccc([N+](=O)[O-])c(N2CCN(C)C(C)(C)C2)n1. The number of piperazine rings is 1. The van der Waals surface area contributed by atoms with E-state index in [1.165, 1.54) is 6.07 Å². The second-order valence-corrected chi connectivity index (χ2v) is 5.98. The van der Waals surface area contributed by atoms with Crippen molar-refractivity contribution in [2.24, 2.45) is 0 Å². The fraction of sp³-hybridized carbons (Fsp3) is 0.643. The lowest BCUT2D eigenvalue weighted by Gasteiger charge is -2.45. The summed E-state index contributed by atoms with van der Waals surface area (Å²) in [7, 11) is 2.08. The minimum Gasteiger partial charge on any atom is -0.370 e. The van der Waals surface area contributed by atoms with Crippen LogP contribution in [0.15, 0.2) is 12.1 Å². The van der Waals surface area contributed by atoms with Gasteiger partial charge in [-0.05, 0) is 33.9 Å². The van der Waals surface area contributed by atoms with Gasteiger partial charge in [0.1, 0.15) is 5.82 Å². The minimum atomic E-state index is -0.358. The van der Waals surface area contributed by atoms with Gasteiger partial charge < -0.3 is 10.2 Å². The van der Waals surface area contributed by atoms with Crippen molar-refractivity contribution in [3.05, 3.63) is 22.2 Å². The van der Waals surface area contributed by atoms with Crippen molar-refractivity contribution in [1.82, 2.24) is 9.88 Å². The third-order valence-electron chi connectivity index (χ3n) is 4.03. The quantitative estimate of drug-likeness (QED) is 0.675. The number of hydrogen-bond acceptors (Lipinski definition) is 6. The molecular formula is C14H23N5O2. The molecule has 1 aromatic heterocycles. The predicted octanol–water partition coefficient (Wildman–Crippen LogP) is 1.95. The highest BCUT2D eigenvalue weighted by atomic mass is 16.6. The molecule has 21 heavy (non-hydrogen) atoms. The summed E-state index contributed by atoms with van der Waals surface area (Å²) < 4.78 is 0. The van der Waals surface area contributed by atoms with Crippen molar-refractivity contribution in [1.29, 1.82) is 0 Å². The van der Waals surface area contributed by atoms with Crippen LogP contribution in [0.25, 0.3) is 0 Å². The van der Waals surface area contributed by atoms with Gasteiger partial charge in [-0.1, -0.05) is 0 Å². The molecule has 1 aliphatic heterocycles. The molecule has 1 aromatic rings. The second-order valence-electron chi connectivity index (χ2n) is 5.98. The molecule has 1 fully saturated rings. The molecule has 0 bridgehead atoms. The van der Waals surface area contributed by atoms with Gasteiger partial charge in [-0.25, -0.2) is 4.98 Å². The topological polar surface area (TPSA) is 74.5 Å². The summed E-state index contributed by atoms with van der Waals surface area (Å²) in [6.45, 7) is 9.30. The number of hydrogen-bond donors (Lipinski definition) is 1. The van der Waals surface area contributed by atoms with Crippen LogP contribution in [0.5, 0.6) is 0 Å².